The Balaban J connectivity index is 1.46. The molecule has 0 radical (unpaired) electrons. The summed E-state index contributed by atoms with van der Waals surface area (Å²) in [6, 6.07) is 17.9. The summed E-state index contributed by atoms with van der Waals surface area (Å²) in [6.45, 7) is -0.737. The van der Waals surface area contributed by atoms with Crippen LogP contribution >= 0.6 is 23.2 Å². The molecule has 0 bridgehead atoms. The van der Waals surface area contributed by atoms with Crippen LogP contribution in [0.15, 0.2) is 60.7 Å². The van der Waals surface area contributed by atoms with Crippen molar-refractivity contribution in [1.82, 2.24) is 0 Å². The van der Waals surface area contributed by atoms with E-state index >= 15 is 0 Å². The Morgan fingerprint density at radius 3 is 2.30 bits per heavy atom. The second kappa shape index (κ2) is 8.75. The summed E-state index contributed by atoms with van der Waals surface area (Å²) in [5.41, 5.74) is 0.418. The Morgan fingerprint density at radius 1 is 0.852 bits per heavy atom. The van der Waals surface area contributed by atoms with E-state index in [9.17, 15) is 9.59 Å². The molecule has 0 atom stereocenters. The van der Waals surface area contributed by atoms with E-state index in [2.05, 4.69) is 5.32 Å². The minimum atomic E-state index is -0.651. The molecule has 0 unspecified atom stereocenters. The number of halogens is 2. The van der Waals surface area contributed by atoms with Gasteiger partial charge in [-0.3, -0.25) is 4.79 Å². The predicted molar refractivity (Wildman–Crippen MR) is 105 cm³/mol. The number of benzene rings is 3. The van der Waals surface area contributed by atoms with Crippen molar-refractivity contribution in [3.8, 4) is 5.75 Å². The standard InChI is InChI=1S/C20H15Cl2NO4/c21-15-8-16(22)10-17(9-15)23-19(24)11-27-20(25)12-26-18-6-5-13-3-1-2-4-14(13)7-18/h1-10H,11-12H2,(H,23,24). The molecule has 0 fully saturated rings. The third-order valence-electron chi connectivity index (χ3n) is 3.59. The molecule has 7 heteroatoms. The molecule has 3 aromatic carbocycles. The molecule has 138 valence electrons. The molecule has 0 saturated carbocycles. The lowest BCUT2D eigenvalue weighted by Crippen LogP contribution is -2.23. The van der Waals surface area contributed by atoms with Crippen molar-refractivity contribution in [2.45, 2.75) is 0 Å². The van der Waals surface area contributed by atoms with Gasteiger partial charge in [-0.1, -0.05) is 53.5 Å². The van der Waals surface area contributed by atoms with Gasteiger partial charge in [-0.2, -0.15) is 0 Å². The number of hydrogen-bond acceptors (Lipinski definition) is 4. The molecule has 0 aliphatic rings. The Bertz CT molecular complexity index is 970. The van der Waals surface area contributed by atoms with Crippen molar-refractivity contribution >= 4 is 51.5 Å². The van der Waals surface area contributed by atoms with Crippen LogP contribution in [-0.4, -0.2) is 25.1 Å². The maximum absolute atomic E-state index is 11.8. The van der Waals surface area contributed by atoms with Crippen LogP contribution in [0.1, 0.15) is 0 Å². The number of nitrogens with one attached hydrogen (secondary N) is 1. The molecule has 0 aliphatic carbocycles. The summed E-state index contributed by atoms with van der Waals surface area (Å²) in [6.07, 6.45) is 0. The highest BCUT2D eigenvalue weighted by Gasteiger charge is 2.10. The first kappa shape index (κ1) is 19.0. The predicted octanol–water partition coefficient (Wildman–Crippen LogP) is 4.71. The van der Waals surface area contributed by atoms with Gasteiger partial charge in [-0.25, -0.2) is 4.79 Å². The van der Waals surface area contributed by atoms with Crippen molar-refractivity contribution in [2.24, 2.45) is 0 Å². The SMILES string of the molecule is O=C(COC(=O)COc1ccc2ccccc2c1)Nc1cc(Cl)cc(Cl)c1. The topological polar surface area (TPSA) is 64.6 Å². The first-order valence-corrected chi connectivity index (χ1v) is 8.78. The highest BCUT2D eigenvalue weighted by molar-refractivity contribution is 6.35. The van der Waals surface area contributed by atoms with Crippen LogP contribution in [0.4, 0.5) is 5.69 Å². The van der Waals surface area contributed by atoms with Crippen LogP contribution in [0.5, 0.6) is 5.75 Å². The van der Waals surface area contributed by atoms with Crippen LogP contribution < -0.4 is 10.1 Å². The summed E-state index contributed by atoms with van der Waals surface area (Å²) in [5, 5.41) is 5.40. The van der Waals surface area contributed by atoms with Gasteiger partial charge in [0.25, 0.3) is 5.91 Å². The molecular weight excluding hydrogens is 389 g/mol. The average Bonchev–Trinajstić information content (AvgIpc) is 2.63. The van der Waals surface area contributed by atoms with Crippen molar-refractivity contribution < 1.29 is 19.1 Å². The number of carbonyl (C=O) groups excluding carboxylic acids is 2. The van der Waals surface area contributed by atoms with Crippen LogP contribution in [-0.2, 0) is 14.3 Å². The van der Waals surface area contributed by atoms with Crippen molar-refractivity contribution in [3.63, 3.8) is 0 Å². The second-order valence-electron chi connectivity index (χ2n) is 5.66. The lowest BCUT2D eigenvalue weighted by atomic mass is 10.1. The van der Waals surface area contributed by atoms with E-state index in [1.54, 1.807) is 12.1 Å². The molecule has 0 aromatic heterocycles. The molecular formula is C20H15Cl2NO4. The van der Waals surface area contributed by atoms with Gasteiger partial charge >= 0.3 is 5.97 Å². The fourth-order valence-electron chi connectivity index (χ4n) is 2.41. The largest absolute Gasteiger partial charge is 0.482 e. The minimum absolute atomic E-state index is 0.297. The van der Waals surface area contributed by atoms with Crippen LogP contribution in [0.3, 0.4) is 0 Å². The van der Waals surface area contributed by atoms with Crippen molar-refractivity contribution in [1.29, 1.82) is 0 Å². The van der Waals surface area contributed by atoms with Gasteiger partial charge in [0.15, 0.2) is 13.2 Å². The maximum Gasteiger partial charge on any atom is 0.344 e. The number of ether oxygens (including phenoxy) is 2. The Morgan fingerprint density at radius 2 is 1.56 bits per heavy atom. The fraction of sp³-hybridized carbons (Fsp3) is 0.100. The van der Waals surface area contributed by atoms with E-state index in [1.807, 2.05) is 36.4 Å². The highest BCUT2D eigenvalue weighted by atomic mass is 35.5. The van der Waals surface area contributed by atoms with Crippen molar-refractivity contribution in [2.75, 3.05) is 18.5 Å². The van der Waals surface area contributed by atoms with Gasteiger partial charge in [0.05, 0.1) is 0 Å². The summed E-state index contributed by atoms with van der Waals surface area (Å²) < 4.78 is 10.3. The zero-order chi connectivity index (χ0) is 19.2. The number of carbonyl (C=O) groups is 2. The molecule has 1 N–H and O–H groups in total. The molecule has 0 spiro atoms. The molecule has 5 nitrogen and oxygen atoms in total. The zero-order valence-corrected chi connectivity index (χ0v) is 15.6. The number of anilines is 1. The van der Waals surface area contributed by atoms with E-state index in [-0.39, 0.29) is 6.61 Å². The zero-order valence-electron chi connectivity index (χ0n) is 14.1. The van der Waals surface area contributed by atoms with Gasteiger partial charge in [-0.05, 0) is 41.1 Å². The number of hydrogen-bond donors (Lipinski definition) is 1. The number of fused-ring (bicyclic) bond motifs is 1. The van der Waals surface area contributed by atoms with Crippen LogP contribution in [0.2, 0.25) is 10.0 Å². The van der Waals surface area contributed by atoms with Gasteiger partial charge in [0.1, 0.15) is 5.75 Å². The van der Waals surface area contributed by atoms with E-state index in [0.717, 1.165) is 10.8 Å². The smallest absolute Gasteiger partial charge is 0.344 e. The number of esters is 1. The molecule has 0 heterocycles. The van der Waals surface area contributed by atoms with E-state index in [0.29, 0.717) is 21.5 Å². The van der Waals surface area contributed by atoms with Crippen LogP contribution in [0, 0.1) is 0 Å². The summed E-state index contributed by atoms with van der Waals surface area (Å²) in [5.74, 6) is -0.613. The summed E-state index contributed by atoms with van der Waals surface area (Å²) in [4.78, 5) is 23.6. The first-order chi connectivity index (χ1) is 13.0. The maximum atomic E-state index is 11.8. The normalized spacial score (nSPS) is 10.4. The molecule has 0 saturated heterocycles. The Kier molecular flexibility index (Phi) is 6.16. The first-order valence-electron chi connectivity index (χ1n) is 8.03. The van der Waals surface area contributed by atoms with Crippen LogP contribution in [0.25, 0.3) is 10.8 Å². The lowest BCUT2D eigenvalue weighted by Gasteiger charge is -2.09. The minimum Gasteiger partial charge on any atom is -0.482 e. The third-order valence-corrected chi connectivity index (χ3v) is 4.02. The summed E-state index contributed by atoms with van der Waals surface area (Å²) >= 11 is 11.7. The number of rotatable bonds is 6. The average molecular weight is 404 g/mol. The molecule has 3 aromatic rings. The second-order valence-corrected chi connectivity index (χ2v) is 6.54. The number of amides is 1. The van der Waals surface area contributed by atoms with Gasteiger partial charge < -0.3 is 14.8 Å². The monoisotopic (exact) mass is 403 g/mol. The van der Waals surface area contributed by atoms with E-state index in [1.165, 1.54) is 12.1 Å². The molecule has 1 amide bonds. The molecule has 0 aliphatic heterocycles. The lowest BCUT2D eigenvalue weighted by molar-refractivity contribution is -0.149. The van der Waals surface area contributed by atoms with Gasteiger partial charge in [-0.15, -0.1) is 0 Å². The Hall–Kier alpha value is -2.76. The van der Waals surface area contributed by atoms with Gasteiger partial charge in [0, 0.05) is 15.7 Å². The fourth-order valence-corrected chi connectivity index (χ4v) is 2.94. The molecule has 3 rings (SSSR count). The summed E-state index contributed by atoms with van der Waals surface area (Å²) in [7, 11) is 0. The third kappa shape index (κ3) is 5.61. The van der Waals surface area contributed by atoms with E-state index in [4.69, 9.17) is 32.7 Å². The van der Waals surface area contributed by atoms with Crippen molar-refractivity contribution in [3.05, 3.63) is 70.7 Å². The van der Waals surface area contributed by atoms with E-state index < -0.39 is 18.5 Å². The quantitative estimate of drug-likeness (QED) is 0.605. The highest BCUT2D eigenvalue weighted by Crippen LogP contribution is 2.22. The molecule has 27 heavy (non-hydrogen) atoms. The Labute approximate surface area is 165 Å². The van der Waals surface area contributed by atoms with Gasteiger partial charge in [0.2, 0.25) is 0 Å².